The number of nitrogens with zero attached hydrogens (tertiary/aromatic N) is 3. The molecule has 5 nitrogen and oxygen atoms in total. The summed E-state index contributed by atoms with van der Waals surface area (Å²) < 4.78 is 0. The quantitative estimate of drug-likeness (QED) is 0.721. The molecule has 0 bridgehead atoms. The zero-order chi connectivity index (χ0) is 10.7. The van der Waals surface area contributed by atoms with Crippen LogP contribution in [0.5, 0.6) is 0 Å². The van der Waals surface area contributed by atoms with Crippen molar-refractivity contribution in [2.45, 2.75) is 19.0 Å². The number of nitrogens with two attached hydrogens (primary N) is 1. The van der Waals surface area contributed by atoms with Crippen molar-refractivity contribution >= 4 is 5.82 Å². The Morgan fingerprint density at radius 3 is 3.20 bits per heavy atom. The van der Waals surface area contributed by atoms with Gasteiger partial charge in [0.15, 0.2) is 0 Å². The molecular formula is C10H17N5. The van der Waals surface area contributed by atoms with Gasteiger partial charge in [-0.15, -0.1) is 0 Å². The first-order valence-electron chi connectivity index (χ1n) is 5.24. The van der Waals surface area contributed by atoms with Crippen molar-refractivity contribution in [2.24, 2.45) is 0 Å². The molecule has 3 N–H and O–H groups in total. The van der Waals surface area contributed by atoms with Gasteiger partial charge >= 0.3 is 0 Å². The predicted molar refractivity (Wildman–Crippen MR) is 59.2 cm³/mol. The van der Waals surface area contributed by atoms with Crippen LogP contribution in [-0.4, -0.2) is 41.0 Å². The van der Waals surface area contributed by atoms with E-state index in [-0.39, 0.29) is 0 Å². The number of rotatable bonds is 3. The summed E-state index contributed by atoms with van der Waals surface area (Å²) in [5, 5.41) is 3.34. The molecular weight excluding hydrogens is 190 g/mol. The van der Waals surface area contributed by atoms with Crippen LogP contribution >= 0.6 is 0 Å². The molecule has 0 radical (unpaired) electrons. The molecule has 1 aromatic rings. The van der Waals surface area contributed by atoms with Crippen molar-refractivity contribution in [3.8, 4) is 0 Å². The van der Waals surface area contributed by atoms with Crippen LogP contribution in [-0.2, 0) is 6.54 Å². The number of nitrogen functional groups attached to an aromatic ring is 1. The second-order valence-electron chi connectivity index (χ2n) is 3.96. The molecule has 0 amide bonds. The van der Waals surface area contributed by atoms with Gasteiger partial charge in [0.25, 0.3) is 0 Å². The van der Waals surface area contributed by atoms with Crippen molar-refractivity contribution in [3.63, 3.8) is 0 Å². The monoisotopic (exact) mass is 207 g/mol. The van der Waals surface area contributed by atoms with Gasteiger partial charge in [0.05, 0.1) is 6.54 Å². The molecule has 15 heavy (non-hydrogen) atoms. The third-order valence-corrected chi connectivity index (χ3v) is 2.78. The minimum Gasteiger partial charge on any atom is -0.384 e. The summed E-state index contributed by atoms with van der Waals surface area (Å²) in [6, 6.07) is 2.30. The summed E-state index contributed by atoms with van der Waals surface area (Å²) in [6.07, 6.45) is 2.90. The molecule has 0 unspecified atom stereocenters. The topological polar surface area (TPSA) is 67.1 Å². The molecule has 5 heteroatoms. The maximum atomic E-state index is 5.61. The van der Waals surface area contributed by atoms with Gasteiger partial charge in [-0.2, -0.15) is 0 Å². The molecule has 1 aliphatic heterocycles. The largest absolute Gasteiger partial charge is 0.384 e. The maximum Gasteiger partial charge on any atom is 0.144 e. The standard InChI is InChI=1S/C10H17N5/c1-15(8-2-4-12-6-8)7-10-13-5-3-9(11)14-10/h3,5,8,12H,2,4,6-7H2,1H3,(H2,11,13,14)/t8-/m1/s1. The number of likely N-dealkylation sites (N-methyl/N-ethyl adjacent to an activating group) is 1. The Morgan fingerprint density at radius 1 is 1.67 bits per heavy atom. The zero-order valence-corrected chi connectivity index (χ0v) is 8.98. The molecule has 1 atom stereocenters. The number of anilines is 1. The lowest BCUT2D eigenvalue weighted by Gasteiger charge is -2.22. The highest BCUT2D eigenvalue weighted by atomic mass is 15.2. The molecule has 0 spiro atoms. The van der Waals surface area contributed by atoms with E-state index < -0.39 is 0 Å². The minimum atomic E-state index is 0.540. The van der Waals surface area contributed by atoms with E-state index in [1.54, 1.807) is 12.3 Å². The van der Waals surface area contributed by atoms with Crippen molar-refractivity contribution in [2.75, 3.05) is 25.9 Å². The van der Waals surface area contributed by atoms with Gasteiger partial charge in [-0.25, -0.2) is 9.97 Å². The lowest BCUT2D eigenvalue weighted by atomic mass is 10.2. The smallest absolute Gasteiger partial charge is 0.144 e. The summed E-state index contributed by atoms with van der Waals surface area (Å²) in [4.78, 5) is 10.7. The van der Waals surface area contributed by atoms with Crippen LogP contribution in [0, 0.1) is 0 Å². The molecule has 0 aromatic carbocycles. The van der Waals surface area contributed by atoms with E-state index >= 15 is 0 Å². The highest BCUT2D eigenvalue weighted by Gasteiger charge is 2.19. The van der Waals surface area contributed by atoms with Crippen molar-refractivity contribution in [3.05, 3.63) is 18.1 Å². The molecule has 0 aliphatic carbocycles. The lowest BCUT2D eigenvalue weighted by molar-refractivity contribution is 0.243. The minimum absolute atomic E-state index is 0.540. The number of hydrogen-bond acceptors (Lipinski definition) is 5. The van der Waals surface area contributed by atoms with E-state index in [0.29, 0.717) is 11.9 Å². The summed E-state index contributed by atoms with van der Waals surface area (Å²) in [5.41, 5.74) is 5.61. The molecule has 1 aliphatic rings. The van der Waals surface area contributed by atoms with Crippen molar-refractivity contribution in [1.82, 2.24) is 20.2 Å². The molecule has 2 heterocycles. The first-order valence-corrected chi connectivity index (χ1v) is 5.24. The lowest BCUT2D eigenvalue weighted by Crippen LogP contribution is -2.33. The zero-order valence-electron chi connectivity index (χ0n) is 8.98. The summed E-state index contributed by atoms with van der Waals surface area (Å²) in [5.74, 6) is 1.34. The fourth-order valence-corrected chi connectivity index (χ4v) is 1.86. The predicted octanol–water partition coefficient (Wildman–Crippen LogP) is -0.147. The Labute approximate surface area is 89.7 Å². The van der Waals surface area contributed by atoms with Gasteiger partial charge in [0, 0.05) is 18.8 Å². The third-order valence-electron chi connectivity index (χ3n) is 2.78. The van der Waals surface area contributed by atoms with Crippen LogP contribution < -0.4 is 11.1 Å². The van der Waals surface area contributed by atoms with E-state index in [0.717, 1.165) is 25.5 Å². The molecule has 1 saturated heterocycles. The Hall–Kier alpha value is -1.20. The highest BCUT2D eigenvalue weighted by molar-refractivity contribution is 5.24. The Kier molecular flexibility index (Phi) is 3.13. The van der Waals surface area contributed by atoms with Crippen LogP contribution in [0.1, 0.15) is 12.2 Å². The van der Waals surface area contributed by atoms with Crippen LogP contribution in [0.25, 0.3) is 0 Å². The number of nitrogens with one attached hydrogen (secondary N) is 1. The molecule has 1 fully saturated rings. The van der Waals surface area contributed by atoms with E-state index in [2.05, 4.69) is 27.2 Å². The number of hydrogen-bond donors (Lipinski definition) is 2. The van der Waals surface area contributed by atoms with Crippen molar-refractivity contribution in [1.29, 1.82) is 0 Å². The molecule has 2 rings (SSSR count). The van der Waals surface area contributed by atoms with Gasteiger partial charge in [0.2, 0.25) is 0 Å². The van der Waals surface area contributed by atoms with Crippen LogP contribution in [0.15, 0.2) is 12.3 Å². The van der Waals surface area contributed by atoms with Gasteiger partial charge in [-0.1, -0.05) is 0 Å². The maximum absolute atomic E-state index is 5.61. The van der Waals surface area contributed by atoms with Gasteiger partial charge in [0.1, 0.15) is 11.6 Å². The third kappa shape index (κ3) is 2.64. The molecule has 0 saturated carbocycles. The summed E-state index contributed by atoms with van der Waals surface area (Å²) in [7, 11) is 2.10. The highest BCUT2D eigenvalue weighted by Crippen LogP contribution is 2.09. The van der Waals surface area contributed by atoms with Gasteiger partial charge < -0.3 is 11.1 Å². The fourth-order valence-electron chi connectivity index (χ4n) is 1.86. The normalized spacial score (nSPS) is 21.1. The molecule has 82 valence electrons. The first-order chi connectivity index (χ1) is 7.25. The average Bonchev–Trinajstić information content (AvgIpc) is 2.70. The summed E-state index contributed by atoms with van der Waals surface area (Å²) in [6.45, 7) is 2.92. The number of aromatic nitrogens is 2. The first kappa shape index (κ1) is 10.3. The Balaban J connectivity index is 1.95. The summed E-state index contributed by atoms with van der Waals surface area (Å²) >= 11 is 0. The second kappa shape index (κ2) is 4.55. The fraction of sp³-hybridized carbons (Fsp3) is 0.600. The van der Waals surface area contributed by atoms with Gasteiger partial charge in [-0.05, 0) is 26.1 Å². The van der Waals surface area contributed by atoms with E-state index in [9.17, 15) is 0 Å². The van der Waals surface area contributed by atoms with Crippen LogP contribution in [0.4, 0.5) is 5.82 Å². The molecule has 1 aromatic heterocycles. The van der Waals surface area contributed by atoms with E-state index in [4.69, 9.17) is 5.73 Å². The average molecular weight is 207 g/mol. The van der Waals surface area contributed by atoms with Crippen molar-refractivity contribution < 1.29 is 0 Å². The second-order valence-corrected chi connectivity index (χ2v) is 3.96. The van der Waals surface area contributed by atoms with E-state index in [1.165, 1.54) is 6.42 Å². The van der Waals surface area contributed by atoms with Crippen LogP contribution in [0.3, 0.4) is 0 Å². The Morgan fingerprint density at radius 2 is 2.53 bits per heavy atom. The van der Waals surface area contributed by atoms with Gasteiger partial charge in [-0.3, -0.25) is 4.90 Å². The van der Waals surface area contributed by atoms with E-state index in [1.807, 2.05) is 0 Å². The SMILES string of the molecule is CN(Cc1nccc(N)n1)[C@@H]1CCNC1. The Bertz CT molecular complexity index is 321. The van der Waals surface area contributed by atoms with Crippen LogP contribution in [0.2, 0.25) is 0 Å².